The zero-order valence-electron chi connectivity index (χ0n) is 15.1. The molecule has 0 aliphatic heterocycles. The quantitative estimate of drug-likeness (QED) is 0.498. The van der Waals surface area contributed by atoms with Gasteiger partial charge in [-0.1, -0.05) is 48.0 Å². The molecule has 0 radical (unpaired) electrons. The van der Waals surface area contributed by atoms with Crippen molar-refractivity contribution in [3.63, 3.8) is 0 Å². The molecular formula is C23H17FN2O2. The second-order valence-electron chi connectivity index (χ2n) is 6.58. The third-order valence-electron chi connectivity index (χ3n) is 4.58. The molecule has 2 N–H and O–H groups in total. The highest BCUT2D eigenvalue weighted by molar-refractivity contribution is 6.19. The fourth-order valence-corrected chi connectivity index (χ4v) is 3.13. The molecule has 0 amide bonds. The van der Waals surface area contributed by atoms with Crippen molar-refractivity contribution in [1.29, 1.82) is 0 Å². The lowest BCUT2D eigenvalue weighted by atomic mass is 9.97. The Bertz CT molecular complexity index is 1230. The molecule has 1 aromatic heterocycles. The van der Waals surface area contributed by atoms with Crippen LogP contribution in [0.5, 0.6) is 0 Å². The summed E-state index contributed by atoms with van der Waals surface area (Å²) < 4.78 is 13.2. The molecular weight excluding hydrogens is 355 g/mol. The van der Waals surface area contributed by atoms with Gasteiger partial charge < -0.3 is 10.3 Å². The van der Waals surface area contributed by atoms with Gasteiger partial charge in [-0.3, -0.25) is 9.59 Å². The van der Waals surface area contributed by atoms with Crippen molar-refractivity contribution in [2.75, 3.05) is 5.32 Å². The molecule has 28 heavy (non-hydrogen) atoms. The van der Waals surface area contributed by atoms with Gasteiger partial charge >= 0.3 is 0 Å². The largest absolute Gasteiger partial charge is 0.341 e. The minimum Gasteiger partial charge on any atom is -0.341 e. The van der Waals surface area contributed by atoms with Crippen LogP contribution in [-0.4, -0.2) is 10.8 Å². The molecule has 4 rings (SSSR count). The number of halogens is 1. The Morgan fingerprint density at radius 2 is 1.54 bits per heavy atom. The summed E-state index contributed by atoms with van der Waals surface area (Å²) in [6.45, 7) is 1.95. The number of ketones is 1. The molecule has 0 saturated carbocycles. The summed E-state index contributed by atoms with van der Waals surface area (Å²) in [5.41, 5.74) is 2.19. The van der Waals surface area contributed by atoms with Gasteiger partial charge in [-0.2, -0.15) is 0 Å². The van der Waals surface area contributed by atoms with Gasteiger partial charge in [-0.25, -0.2) is 4.39 Å². The highest BCUT2D eigenvalue weighted by atomic mass is 19.1. The van der Waals surface area contributed by atoms with E-state index in [4.69, 9.17) is 0 Å². The van der Waals surface area contributed by atoms with Gasteiger partial charge in [0.2, 0.25) is 0 Å². The van der Waals surface area contributed by atoms with E-state index in [1.807, 2.05) is 19.1 Å². The molecule has 0 spiro atoms. The first-order valence-corrected chi connectivity index (χ1v) is 8.82. The van der Waals surface area contributed by atoms with Crippen molar-refractivity contribution >= 4 is 28.1 Å². The smallest absolute Gasteiger partial charge is 0.257 e. The molecule has 0 aliphatic rings. The average Bonchev–Trinajstić information content (AvgIpc) is 2.70. The minimum absolute atomic E-state index is 0.211. The van der Waals surface area contributed by atoms with Crippen molar-refractivity contribution in [3.8, 4) is 0 Å². The molecule has 0 saturated heterocycles. The lowest BCUT2D eigenvalue weighted by Gasteiger charge is -2.14. The number of hydrogen-bond acceptors (Lipinski definition) is 3. The predicted octanol–water partition coefficient (Wildman–Crippen LogP) is 4.95. The van der Waals surface area contributed by atoms with Gasteiger partial charge in [-0.05, 0) is 37.3 Å². The number of aromatic amines is 1. The second-order valence-corrected chi connectivity index (χ2v) is 6.58. The number of pyridine rings is 1. The zero-order chi connectivity index (χ0) is 19.7. The molecule has 1 heterocycles. The Kier molecular flexibility index (Phi) is 4.49. The number of hydrogen-bond donors (Lipinski definition) is 2. The Morgan fingerprint density at radius 3 is 2.21 bits per heavy atom. The van der Waals surface area contributed by atoms with Crippen LogP contribution in [0.15, 0.2) is 77.6 Å². The van der Waals surface area contributed by atoms with Gasteiger partial charge in [0.1, 0.15) is 11.6 Å². The zero-order valence-corrected chi connectivity index (χ0v) is 15.1. The van der Waals surface area contributed by atoms with Crippen LogP contribution in [0.2, 0.25) is 0 Å². The van der Waals surface area contributed by atoms with Gasteiger partial charge in [0.05, 0.1) is 5.56 Å². The molecule has 0 bridgehead atoms. The van der Waals surface area contributed by atoms with E-state index in [9.17, 15) is 14.0 Å². The summed E-state index contributed by atoms with van der Waals surface area (Å²) in [7, 11) is 0. The fourth-order valence-electron chi connectivity index (χ4n) is 3.13. The van der Waals surface area contributed by atoms with Crippen molar-refractivity contribution in [2.24, 2.45) is 0 Å². The SMILES string of the molecule is Cc1ccc(C(=O)c2c(Nc3ccc(F)cc3)[nH]c(=O)c3ccccc23)cc1. The number of anilines is 2. The normalized spacial score (nSPS) is 10.8. The van der Waals surface area contributed by atoms with Gasteiger partial charge in [0, 0.05) is 22.0 Å². The predicted molar refractivity (Wildman–Crippen MR) is 109 cm³/mol. The van der Waals surface area contributed by atoms with Crippen LogP contribution in [0.25, 0.3) is 10.8 Å². The number of nitrogens with one attached hydrogen (secondary N) is 2. The van der Waals surface area contributed by atoms with E-state index >= 15 is 0 Å². The summed E-state index contributed by atoms with van der Waals surface area (Å²) in [6, 6.07) is 19.9. The van der Waals surface area contributed by atoms with E-state index in [1.165, 1.54) is 12.1 Å². The number of aromatic nitrogens is 1. The van der Waals surface area contributed by atoms with E-state index in [2.05, 4.69) is 10.3 Å². The number of aryl methyl sites for hydroxylation is 1. The highest BCUT2D eigenvalue weighted by Crippen LogP contribution is 2.27. The molecule has 4 nitrogen and oxygen atoms in total. The van der Waals surface area contributed by atoms with Gasteiger partial charge in [0.15, 0.2) is 5.78 Å². The van der Waals surface area contributed by atoms with Crippen LogP contribution in [0.3, 0.4) is 0 Å². The first-order chi connectivity index (χ1) is 13.5. The summed E-state index contributed by atoms with van der Waals surface area (Å²) >= 11 is 0. The van der Waals surface area contributed by atoms with Crippen molar-refractivity contribution in [3.05, 3.63) is 106 Å². The Labute approximate surface area is 160 Å². The number of carbonyl (C=O) groups is 1. The standard InChI is InChI=1S/C23H17FN2O2/c1-14-6-8-15(9-7-14)21(27)20-18-4-2-3-5-19(18)23(28)26-22(20)25-17-12-10-16(24)11-13-17/h2-13H,1H3,(H2,25,26,28). The van der Waals surface area contributed by atoms with Crippen LogP contribution in [0.4, 0.5) is 15.9 Å². The Hall–Kier alpha value is -3.73. The van der Waals surface area contributed by atoms with Gasteiger partial charge in [0.25, 0.3) is 5.56 Å². The summed E-state index contributed by atoms with van der Waals surface area (Å²) in [5, 5.41) is 4.04. The highest BCUT2D eigenvalue weighted by Gasteiger charge is 2.20. The molecule has 138 valence electrons. The molecule has 4 aromatic rings. The third kappa shape index (κ3) is 3.30. The summed E-state index contributed by atoms with van der Waals surface area (Å²) in [4.78, 5) is 28.6. The summed E-state index contributed by atoms with van der Waals surface area (Å²) in [5.74, 6) is -0.300. The van der Waals surface area contributed by atoms with E-state index in [0.29, 0.717) is 27.6 Å². The monoisotopic (exact) mass is 372 g/mol. The Morgan fingerprint density at radius 1 is 0.893 bits per heavy atom. The number of fused-ring (bicyclic) bond motifs is 1. The van der Waals surface area contributed by atoms with Crippen molar-refractivity contribution in [2.45, 2.75) is 6.92 Å². The topological polar surface area (TPSA) is 62.0 Å². The average molecular weight is 372 g/mol. The minimum atomic E-state index is -0.367. The molecule has 3 aromatic carbocycles. The first kappa shape index (κ1) is 17.7. The van der Waals surface area contributed by atoms with Crippen molar-refractivity contribution in [1.82, 2.24) is 4.98 Å². The van der Waals surface area contributed by atoms with Crippen LogP contribution in [-0.2, 0) is 0 Å². The number of carbonyl (C=O) groups excluding carboxylic acids is 1. The van der Waals surface area contributed by atoms with E-state index < -0.39 is 0 Å². The molecule has 0 atom stereocenters. The number of rotatable bonds is 4. The van der Waals surface area contributed by atoms with E-state index in [0.717, 1.165) is 5.56 Å². The van der Waals surface area contributed by atoms with Crippen molar-refractivity contribution < 1.29 is 9.18 Å². The number of H-pyrrole nitrogens is 1. The van der Waals surface area contributed by atoms with E-state index in [-0.39, 0.29) is 23.0 Å². The third-order valence-corrected chi connectivity index (χ3v) is 4.58. The molecule has 0 aliphatic carbocycles. The molecule has 0 unspecified atom stereocenters. The van der Waals surface area contributed by atoms with Crippen LogP contribution >= 0.6 is 0 Å². The maximum atomic E-state index is 13.3. The Balaban J connectivity index is 1.92. The molecule has 5 heteroatoms. The van der Waals surface area contributed by atoms with Crippen LogP contribution < -0.4 is 10.9 Å². The maximum Gasteiger partial charge on any atom is 0.257 e. The molecule has 0 fully saturated rings. The summed E-state index contributed by atoms with van der Waals surface area (Å²) in [6.07, 6.45) is 0. The second kappa shape index (κ2) is 7.12. The van der Waals surface area contributed by atoms with Gasteiger partial charge in [-0.15, -0.1) is 0 Å². The number of benzene rings is 3. The lowest BCUT2D eigenvalue weighted by molar-refractivity contribution is 0.104. The van der Waals surface area contributed by atoms with Crippen LogP contribution in [0.1, 0.15) is 21.5 Å². The lowest BCUT2D eigenvalue weighted by Crippen LogP contribution is -2.16. The first-order valence-electron chi connectivity index (χ1n) is 8.82. The maximum absolute atomic E-state index is 13.3. The van der Waals surface area contributed by atoms with Crippen LogP contribution in [0, 0.1) is 12.7 Å². The van der Waals surface area contributed by atoms with E-state index in [1.54, 1.807) is 48.5 Å². The fraction of sp³-hybridized carbons (Fsp3) is 0.0435.